The number of pyridine rings is 1. The highest BCUT2D eigenvalue weighted by molar-refractivity contribution is 6.04. The van der Waals surface area contributed by atoms with E-state index in [1.165, 1.54) is 6.20 Å². The lowest BCUT2D eigenvalue weighted by Crippen LogP contribution is -2.13. The largest absolute Gasteiger partial charge is 0.462 e. The van der Waals surface area contributed by atoms with E-state index in [1.54, 1.807) is 37.4 Å². The molecule has 6 nitrogen and oxygen atoms in total. The Balaban J connectivity index is 1.79. The van der Waals surface area contributed by atoms with E-state index in [4.69, 9.17) is 4.74 Å². The third-order valence-electron chi connectivity index (χ3n) is 4.47. The van der Waals surface area contributed by atoms with E-state index in [-0.39, 0.29) is 5.91 Å². The van der Waals surface area contributed by atoms with Crippen molar-refractivity contribution < 1.29 is 14.3 Å². The van der Waals surface area contributed by atoms with E-state index in [2.05, 4.69) is 15.6 Å². The molecule has 0 fully saturated rings. The Labute approximate surface area is 169 Å². The summed E-state index contributed by atoms with van der Waals surface area (Å²) < 4.78 is 5.09. The molecule has 1 heterocycles. The van der Waals surface area contributed by atoms with Gasteiger partial charge in [-0.15, -0.1) is 0 Å². The molecule has 0 atom stereocenters. The van der Waals surface area contributed by atoms with E-state index >= 15 is 0 Å². The molecule has 0 spiro atoms. The molecule has 0 unspecified atom stereocenters. The predicted molar refractivity (Wildman–Crippen MR) is 114 cm³/mol. The van der Waals surface area contributed by atoms with Crippen LogP contribution in [0.4, 0.5) is 17.1 Å². The van der Waals surface area contributed by atoms with Crippen LogP contribution in [0.5, 0.6) is 0 Å². The predicted octanol–water partition coefficient (Wildman–Crippen LogP) is 4.87. The van der Waals surface area contributed by atoms with Crippen molar-refractivity contribution in [3.05, 3.63) is 83.2 Å². The van der Waals surface area contributed by atoms with Crippen molar-refractivity contribution in [1.82, 2.24) is 4.98 Å². The van der Waals surface area contributed by atoms with E-state index in [1.807, 2.05) is 38.1 Å². The number of nitrogens with one attached hydrogen (secondary N) is 2. The summed E-state index contributed by atoms with van der Waals surface area (Å²) in [5.41, 5.74) is 4.99. The van der Waals surface area contributed by atoms with Crippen molar-refractivity contribution in [2.24, 2.45) is 0 Å². The molecule has 0 aliphatic heterocycles. The van der Waals surface area contributed by atoms with Crippen molar-refractivity contribution in [3.8, 4) is 0 Å². The summed E-state index contributed by atoms with van der Waals surface area (Å²) in [6, 6.07) is 14.5. The second-order valence-electron chi connectivity index (χ2n) is 6.61. The summed E-state index contributed by atoms with van der Waals surface area (Å²) in [6.07, 6.45) is 3.09. The lowest BCUT2D eigenvalue weighted by molar-refractivity contribution is 0.0527. The lowest BCUT2D eigenvalue weighted by Gasteiger charge is -2.12. The first-order valence-corrected chi connectivity index (χ1v) is 9.34. The number of ether oxygens (including phenoxy) is 1. The molecule has 1 amide bonds. The lowest BCUT2D eigenvalue weighted by atomic mass is 10.1. The topological polar surface area (TPSA) is 80.3 Å². The zero-order chi connectivity index (χ0) is 20.8. The maximum absolute atomic E-state index is 12.6. The number of anilines is 3. The second-order valence-corrected chi connectivity index (χ2v) is 6.61. The molecule has 1 aromatic heterocycles. The molecule has 0 aliphatic rings. The Kier molecular flexibility index (Phi) is 6.24. The van der Waals surface area contributed by atoms with Gasteiger partial charge in [-0.3, -0.25) is 9.78 Å². The van der Waals surface area contributed by atoms with Crippen molar-refractivity contribution >= 4 is 28.9 Å². The van der Waals surface area contributed by atoms with Gasteiger partial charge in [-0.1, -0.05) is 18.2 Å². The Morgan fingerprint density at radius 2 is 1.76 bits per heavy atom. The molecule has 0 bridgehead atoms. The molecule has 0 saturated heterocycles. The summed E-state index contributed by atoms with van der Waals surface area (Å²) in [4.78, 5) is 28.9. The number of nitrogens with zero attached hydrogens (tertiary/aromatic N) is 1. The molecule has 3 aromatic rings. The fourth-order valence-electron chi connectivity index (χ4n) is 2.79. The van der Waals surface area contributed by atoms with E-state index in [9.17, 15) is 9.59 Å². The summed E-state index contributed by atoms with van der Waals surface area (Å²) in [5.74, 6) is -0.671. The molecule has 0 saturated carbocycles. The molecule has 29 heavy (non-hydrogen) atoms. The highest BCUT2D eigenvalue weighted by Gasteiger charge is 2.13. The molecular weight excluding hydrogens is 366 g/mol. The van der Waals surface area contributed by atoms with E-state index in [0.717, 1.165) is 16.8 Å². The van der Waals surface area contributed by atoms with Crippen molar-refractivity contribution in [3.63, 3.8) is 0 Å². The SMILES string of the molecule is CCOC(=O)c1ccccc1Nc1cncc(C(=O)Nc2ccc(C)c(C)c2)c1. The van der Waals surface area contributed by atoms with Crippen LogP contribution >= 0.6 is 0 Å². The fraction of sp³-hybridized carbons (Fsp3) is 0.174. The van der Waals surface area contributed by atoms with Crippen LogP contribution in [0.3, 0.4) is 0 Å². The molecule has 3 rings (SSSR count). The zero-order valence-electron chi connectivity index (χ0n) is 16.7. The van der Waals surface area contributed by atoms with Crippen molar-refractivity contribution in [1.29, 1.82) is 0 Å². The van der Waals surface area contributed by atoms with Crippen LogP contribution in [0, 0.1) is 13.8 Å². The fourth-order valence-corrected chi connectivity index (χ4v) is 2.79. The average molecular weight is 389 g/mol. The van der Waals surface area contributed by atoms with Gasteiger partial charge in [0.05, 0.1) is 35.3 Å². The number of hydrogen-bond donors (Lipinski definition) is 2. The Morgan fingerprint density at radius 1 is 0.966 bits per heavy atom. The van der Waals surface area contributed by atoms with Gasteiger partial charge in [-0.05, 0) is 62.2 Å². The van der Waals surface area contributed by atoms with Gasteiger partial charge in [0.15, 0.2) is 0 Å². The standard InChI is InChI=1S/C23H23N3O3/c1-4-29-23(28)20-7-5-6-8-21(20)25-19-12-17(13-24-14-19)22(27)26-18-10-9-15(2)16(3)11-18/h5-14,25H,4H2,1-3H3,(H,26,27). The van der Waals surface area contributed by atoms with Gasteiger partial charge in [0, 0.05) is 11.9 Å². The minimum atomic E-state index is -0.410. The van der Waals surface area contributed by atoms with Gasteiger partial charge in [-0.25, -0.2) is 4.79 Å². The third-order valence-corrected chi connectivity index (χ3v) is 4.47. The van der Waals surface area contributed by atoms with Crippen LogP contribution in [0.15, 0.2) is 60.9 Å². The molecule has 0 radical (unpaired) electrons. The number of carbonyl (C=O) groups is 2. The highest BCUT2D eigenvalue weighted by atomic mass is 16.5. The monoisotopic (exact) mass is 389 g/mol. The maximum atomic E-state index is 12.6. The summed E-state index contributed by atoms with van der Waals surface area (Å²) in [7, 11) is 0. The maximum Gasteiger partial charge on any atom is 0.340 e. The smallest absolute Gasteiger partial charge is 0.340 e. The number of rotatable bonds is 6. The van der Waals surface area contributed by atoms with Gasteiger partial charge in [0.1, 0.15) is 0 Å². The van der Waals surface area contributed by atoms with Crippen LogP contribution in [0.25, 0.3) is 0 Å². The number of hydrogen-bond acceptors (Lipinski definition) is 5. The van der Waals surface area contributed by atoms with Crippen LogP contribution in [0.1, 0.15) is 38.8 Å². The first kappa shape index (κ1) is 20.1. The molecule has 6 heteroatoms. The minimum absolute atomic E-state index is 0.261. The van der Waals surface area contributed by atoms with Crippen LogP contribution in [-0.4, -0.2) is 23.5 Å². The minimum Gasteiger partial charge on any atom is -0.462 e. The van der Waals surface area contributed by atoms with E-state index in [0.29, 0.717) is 29.1 Å². The van der Waals surface area contributed by atoms with E-state index < -0.39 is 5.97 Å². The molecule has 0 aliphatic carbocycles. The number of amides is 1. The number of carbonyl (C=O) groups excluding carboxylic acids is 2. The number of aryl methyl sites for hydroxylation is 2. The van der Waals surface area contributed by atoms with Gasteiger partial charge in [0.25, 0.3) is 5.91 Å². The first-order chi connectivity index (χ1) is 14.0. The summed E-state index contributed by atoms with van der Waals surface area (Å²) in [6.45, 7) is 6.07. The Bertz CT molecular complexity index is 1050. The van der Waals surface area contributed by atoms with Crippen LogP contribution in [0.2, 0.25) is 0 Å². The molecule has 2 N–H and O–H groups in total. The van der Waals surface area contributed by atoms with Gasteiger partial charge < -0.3 is 15.4 Å². The summed E-state index contributed by atoms with van der Waals surface area (Å²) >= 11 is 0. The molecule has 2 aromatic carbocycles. The third kappa shape index (κ3) is 4.99. The number of benzene rings is 2. The van der Waals surface area contributed by atoms with Gasteiger partial charge >= 0.3 is 5.97 Å². The van der Waals surface area contributed by atoms with Crippen molar-refractivity contribution in [2.45, 2.75) is 20.8 Å². The number of esters is 1. The van der Waals surface area contributed by atoms with Crippen LogP contribution in [-0.2, 0) is 4.74 Å². The number of para-hydroxylation sites is 1. The summed E-state index contributed by atoms with van der Waals surface area (Å²) in [5, 5.41) is 6.03. The van der Waals surface area contributed by atoms with Crippen LogP contribution < -0.4 is 10.6 Å². The zero-order valence-corrected chi connectivity index (χ0v) is 16.7. The Hall–Kier alpha value is -3.67. The molecule has 148 valence electrons. The van der Waals surface area contributed by atoms with Crippen molar-refractivity contribution in [2.75, 3.05) is 17.2 Å². The van der Waals surface area contributed by atoms with Gasteiger partial charge in [-0.2, -0.15) is 0 Å². The Morgan fingerprint density at radius 3 is 2.52 bits per heavy atom. The number of aromatic nitrogens is 1. The first-order valence-electron chi connectivity index (χ1n) is 9.34. The second kappa shape index (κ2) is 9.01. The quantitative estimate of drug-likeness (QED) is 0.588. The molecular formula is C23H23N3O3. The average Bonchev–Trinajstić information content (AvgIpc) is 2.71. The van der Waals surface area contributed by atoms with Gasteiger partial charge in [0.2, 0.25) is 0 Å². The highest BCUT2D eigenvalue weighted by Crippen LogP contribution is 2.22. The normalized spacial score (nSPS) is 10.3.